The van der Waals surface area contributed by atoms with E-state index in [4.69, 9.17) is 4.74 Å². The molecule has 136 valence electrons. The van der Waals surface area contributed by atoms with E-state index in [-0.39, 0.29) is 23.1 Å². The number of aromatic hydroxyl groups is 1. The second-order valence-electron chi connectivity index (χ2n) is 5.65. The van der Waals surface area contributed by atoms with Gasteiger partial charge in [0.1, 0.15) is 5.75 Å². The van der Waals surface area contributed by atoms with Crippen molar-refractivity contribution in [3.63, 3.8) is 0 Å². The number of amides is 1. The number of anilines is 1. The molecule has 0 aliphatic heterocycles. The first-order valence-electron chi connectivity index (χ1n) is 8.10. The van der Waals surface area contributed by atoms with Crippen molar-refractivity contribution >= 4 is 23.4 Å². The lowest BCUT2D eigenvalue weighted by atomic mass is 10.1. The van der Waals surface area contributed by atoms with Crippen molar-refractivity contribution in [1.29, 1.82) is 0 Å². The van der Waals surface area contributed by atoms with Crippen LogP contribution in [-0.4, -0.2) is 22.5 Å². The summed E-state index contributed by atoms with van der Waals surface area (Å²) < 4.78 is 5.36. The van der Waals surface area contributed by atoms with Crippen molar-refractivity contribution in [3.05, 3.63) is 63.7 Å². The number of hydrogen-bond acceptors (Lipinski definition) is 5. The van der Waals surface area contributed by atoms with Crippen molar-refractivity contribution in [2.24, 2.45) is 0 Å². The average Bonchev–Trinajstić information content (AvgIpc) is 2.60. The molecular weight excluding hydrogens is 336 g/mol. The molecule has 2 aromatic rings. The molecule has 0 fully saturated rings. The Labute approximate surface area is 151 Å². The van der Waals surface area contributed by atoms with Crippen LogP contribution in [0.3, 0.4) is 0 Å². The summed E-state index contributed by atoms with van der Waals surface area (Å²) in [5, 5.41) is 23.3. The minimum absolute atomic E-state index is 0.119. The molecule has 0 saturated carbocycles. The van der Waals surface area contributed by atoms with Gasteiger partial charge >= 0.3 is 5.69 Å². The minimum Gasteiger partial charge on any atom is -0.508 e. The van der Waals surface area contributed by atoms with Crippen LogP contribution < -0.4 is 10.1 Å². The Morgan fingerprint density at radius 1 is 1.31 bits per heavy atom. The monoisotopic (exact) mass is 356 g/mol. The largest absolute Gasteiger partial charge is 0.508 e. The van der Waals surface area contributed by atoms with Gasteiger partial charge in [0.05, 0.1) is 11.5 Å². The molecule has 2 rings (SSSR count). The number of rotatable bonds is 7. The van der Waals surface area contributed by atoms with Crippen molar-refractivity contribution in [2.45, 2.75) is 20.3 Å². The molecular formula is C19H20N2O5. The standard InChI is InChI=1S/C19H20N2O5/c1-3-10-26-18-8-4-14(12-17(18)21(24)25)5-9-19(23)20-16-7-6-15(22)11-13(16)2/h4-9,11-12,22H,3,10H2,1-2H3,(H,20,23)/b9-5+. The third-order valence-corrected chi connectivity index (χ3v) is 3.54. The Balaban J connectivity index is 2.12. The number of nitro benzene ring substituents is 1. The van der Waals surface area contributed by atoms with Crippen LogP contribution in [0.15, 0.2) is 42.5 Å². The Morgan fingerprint density at radius 2 is 2.08 bits per heavy atom. The Hall–Kier alpha value is -3.35. The molecule has 0 unspecified atom stereocenters. The highest BCUT2D eigenvalue weighted by Crippen LogP contribution is 2.28. The molecule has 0 saturated heterocycles. The van der Waals surface area contributed by atoms with E-state index < -0.39 is 4.92 Å². The summed E-state index contributed by atoms with van der Waals surface area (Å²) in [5.74, 6) is -0.0559. The minimum atomic E-state index is -0.512. The second-order valence-corrected chi connectivity index (χ2v) is 5.65. The zero-order valence-electron chi connectivity index (χ0n) is 14.6. The molecule has 0 radical (unpaired) electrons. The van der Waals surface area contributed by atoms with Crippen molar-refractivity contribution < 1.29 is 19.6 Å². The number of aryl methyl sites for hydroxylation is 1. The summed E-state index contributed by atoms with van der Waals surface area (Å²) in [6.45, 7) is 4.07. The number of hydrogen-bond donors (Lipinski definition) is 2. The molecule has 7 heteroatoms. The molecule has 0 aromatic heterocycles. The highest BCUT2D eigenvalue weighted by Gasteiger charge is 2.15. The van der Waals surface area contributed by atoms with Gasteiger partial charge in [0.15, 0.2) is 5.75 Å². The third-order valence-electron chi connectivity index (χ3n) is 3.54. The normalized spacial score (nSPS) is 10.7. The predicted molar refractivity (Wildman–Crippen MR) is 99.4 cm³/mol. The average molecular weight is 356 g/mol. The number of carbonyl (C=O) groups is 1. The first-order chi connectivity index (χ1) is 12.4. The zero-order valence-corrected chi connectivity index (χ0v) is 14.6. The van der Waals surface area contributed by atoms with Gasteiger partial charge in [-0.1, -0.05) is 13.0 Å². The Kier molecular flexibility index (Phi) is 6.32. The smallest absolute Gasteiger partial charge is 0.311 e. The molecule has 1 amide bonds. The Morgan fingerprint density at radius 3 is 2.73 bits per heavy atom. The van der Waals surface area contributed by atoms with Crippen molar-refractivity contribution in [3.8, 4) is 11.5 Å². The number of phenols is 1. The molecule has 2 aromatic carbocycles. The quantitative estimate of drug-likeness (QED) is 0.337. The van der Waals surface area contributed by atoms with Crippen LogP contribution in [0.4, 0.5) is 11.4 Å². The van der Waals surface area contributed by atoms with Crippen LogP contribution in [0.25, 0.3) is 6.08 Å². The summed E-state index contributed by atoms with van der Waals surface area (Å²) in [6.07, 6.45) is 3.52. The van der Waals surface area contributed by atoms with Gasteiger partial charge in [-0.15, -0.1) is 0 Å². The van der Waals surface area contributed by atoms with Crippen LogP contribution in [0.2, 0.25) is 0 Å². The van der Waals surface area contributed by atoms with E-state index in [2.05, 4.69) is 5.32 Å². The maximum atomic E-state index is 12.0. The molecule has 0 bridgehead atoms. The molecule has 2 N–H and O–H groups in total. The van der Waals surface area contributed by atoms with Crippen LogP contribution in [0.1, 0.15) is 24.5 Å². The number of nitro groups is 1. The SMILES string of the molecule is CCCOc1ccc(/C=C/C(=O)Nc2ccc(O)cc2C)cc1[N+](=O)[O-]. The van der Waals surface area contributed by atoms with E-state index in [0.717, 1.165) is 12.0 Å². The van der Waals surface area contributed by atoms with Gasteiger partial charge < -0.3 is 15.2 Å². The number of nitrogens with zero attached hydrogens (tertiary/aromatic N) is 1. The predicted octanol–water partition coefficient (Wildman–Crippen LogP) is 4.05. The van der Waals surface area contributed by atoms with Gasteiger partial charge in [-0.05, 0) is 54.8 Å². The first kappa shape index (κ1) is 19.0. The van der Waals surface area contributed by atoms with E-state index in [9.17, 15) is 20.0 Å². The van der Waals surface area contributed by atoms with Gasteiger partial charge in [0, 0.05) is 17.8 Å². The fourth-order valence-electron chi connectivity index (χ4n) is 2.25. The summed E-state index contributed by atoms with van der Waals surface area (Å²) >= 11 is 0. The van der Waals surface area contributed by atoms with E-state index in [1.54, 1.807) is 19.1 Å². The highest BCUT2D eigenvalue weighted by molar-refractivity contribution is 6.02. The number of phenolic OH excluding ortho intramolecular Hbond substituents is 1. The molecule has 26 heavy (non-hydrogen) atoms. The highest BCUT2D eigenvalue weighted by atomic mass is 16.6. The topological polar surface area (TPSA) is 102 Å². The summed E-state index contributed by atoms with van der Waals surface area (Å²) in [5.41, 5.74) is 1.67. The maximum absolute atomic E-state index is 12.0. The van der Waals surface area contributed by atoms with Crippen molar-refractivity contribution in [1.82, 2.24) is 0 Å². The van der Waals surface area contributed by atoms with E-state index >= 15 is 0 Å². The summed E-state index contributed by atoms with van der Waals surface area (Å²) in [7, 11) is 0. The summed E-state index contributed by atoms with van der Waals surface area (Å²) in [4.78, 5) is 22.7. The van der Waals surface area contributed by atoms with Gasteiger partial charge in [0.25, 0.3) is 0 Å². The molecule has 7 nitrogen and oxygen atoms in total. The summed E-state index contributed by atoms with van der Waals surface area (Å²) in [6, 6.07) is 9.15. The molecule has 0 atom stereocenters. The number of benzene rings is 2. The van der Waals surface area contributed by atoms with E-state index in [1.165, 1.54) is 36.4 Å². The first-order valence-corrected chi connectivity index (χ1v) is 8.10. The zero-order chi connectivity index (χ0) is 19.1. The van der Waals surface area contributed by atoms with Gasteiger partial charge in [-0.2, -0.15) is 0 Å². The third kappa shape index (κ3) is 5.07. The van der Waals surface area contributed by atoms with E-state index in [1.807, 2.05) is 6.92 Å². The number of ether oxygens (including phenoxy) is 1. The van der Waals surface area contributed by atoms with Gasteiger partial charge in [-0.25, -0.2) is 0 Å². The second kappa shape index (κ2) is 8.66. The van der Waals surface area contributed by atoms with Crippen LogP contribution >= 0.6 is 0 Å². The fourth-order valence-corrected chi connectivity index (χ4v) is 2.25. The van der Waals surface area contributed by atoms with Crippen LogP contribution in [0.5, 0.6) is 11.5 Å². The lowest BCUT2D eigenvalue weighted by Crippen LogP contribution is -2.08. The molecule has 0 aliphatic carbocycles. The van der Waals surface area contributed by atoms with Crippen LogP contribution in [-0.2, 0) is 4.79 Å². The molecule has 0 heterocycles. The van der Waals surface area contributed by atoms with Gasteiger partial charge in [0.2, 0.25) is 5.91 Å². The number of carbonyl (C=O) groups excluding carboxylic acids is 1. The lowest BCUT2D eigenvalue weighted by Gasteiger charge is -2.07. The van der Waals surface area contributed by atoms with Gasteiger partial charge in [-0.3, -0.25) is 14.9 Å². The lowest BCUT2D eigenvalue weighted by molar-refractivity contribution is -0.385. The van der Waals surface area contributed by atoms with E-state index in [0.29, 0.717) is 17.9 Å². The fraction of sp³-hybridized carbons (Fsp3) is 0.211. The Bertz CT molecular complexity index is 846. The number of nitrogens with one attached hydrogen (secondary N) is 1. The molecule has 0 spiro atoms. The maximum Gasteiger partial charge on any atom is 0.311 e. The molecule has 0 aliphatic rings. The van der Waals surface area contributed by atoms with Crippen molar-refractivity contribution in [2.75, 3.05) is 11.9 Å². The van der Waals surface area contributed by atoms with Crippen LogP contribution in [0, 0.1) is 17.0 Å².